The normalized spacial score (nSPS) is 17.5. The molecule has 0 bridgehead atoms. The number of nitriles is 1. The van der Waals surface area contributed by atoms with E-state index in [4.69, 9.17) is 5.26 Å². The highest BCUT2D eigenvalue weighted by Gasteiger charge is 2.34. The second-order valence-electron chi connectivity index (χ2n) is 8.69. The lowest BCUT2D eigenvalue weighted by Gasteiger charge is -2.28. The van der Waals surface area contributed by atoms with Crippen LogP contribution in [0, 0.1) is 17.2 Å². The second kappa shape index (κ2) is 11.2. The van der Waals surface area contributed by atoms with E-state index in [0.717, 1.165) is 11.6 Å². The first kappa shape index (κ1) is 25.8. The van der Waals surface area contributed by atoms with E-state index in [-0.39, 0.29) is 35.5 Å². The van der Waals surface area contributed by atoms with Crippen molar-refractivity contribution in [3.63, 3.8) is 0 Å². The van der Waals surface area contributed by atoms with Crippen molar-refractivity contribution in [3.05, 3.63) is 59.4 Å². The fourth-order valence-electron chi connectivity index (χ4n) is 4.25. The molecule has 1 amide bonds. The van der Waals surface area contributed by atoms with Crippen LogP contribution in [0.3, 0.4) is 0 Å². The lowest BCUT2D eigenvalue weighted by atomic mass is 9.85. The molecule has 1 fully saturated rings. The highest BCUT2D eigenvalue weighted by atomic mass is 19.4. The molecule has 37 heavy (non-hydrogen) atoms. The van der Waals surface area contributed by atoms with Crippen LogP contribution in [-0.2, 0) is 17.5 Å². The number of nitrogens with zero attached hydrogens (tertiary/aromatic N) is 5. The Bertz CT molecular complexity index is 1290. The van der Waals surface area contributed by atoms with Crippen LogP contribution in [0.25, 0.3) is 11.4 Å². The van der Waals surface area contributed by atoms with Crippen molar-refractivity contribution in [1.29, 1.82) is 5.26 Å². The van der Waals surface area contributed by atoms with Crippen molar-refractivity contribution in [1.82, 2.24) is 25.3 Å². The molecule has 3 N–H and O–H groups in total. The van der Waals surface area contributed by atoms with Crippen molar-refractivity contribution in [3.8, 4) is 17.5 Å². The van der Waals surface area contributed by atoms with Gasteiger partial charge in [0.2, 0.25) is 17.8 Å². The molecule has 2 aromatic heterocycles. The summed E-state index contributed by atoms with van der Waals surface area (Å²) in [5.74, 6) is 0.705. The first-order valence-electron chi connectivity index (χ1n) is 11.8. The highest BCUT2D eigenvalue weighted by molar-refractivity contribution is 5.78. The fourth-order valence-corrected chi connectivity index (χ4v) is 4.25. The molecule has 1 aliphatic rings. The van der Waals surface area contributed by atoms with Crippen LogP contribution in [0.5, 0.6) is 0 Å². The molecule has 1 aliphatic carbocycles. The third kappa shape index (κ3) is 6.49. The van der Waals surface area contributed by atoms with Gasteiger partial charge in [-0.1, -0.05) is 6.07 Å². The van der Waals surface area contributed by atoms with Gasteiger partial charge in [-0.25, -0.2) is 0 Å². The Morgan fingerprint density at radius 1 is 1.11 bits per heavy atom. The summed E-state index contributed by atoms with van der Waals surface area (Å²) in [6.07, 6.45) is 1.20. The van der Waals surface area contributed by atoms with E-state index in [1.807, 2.05) is 6.07 Å². The van der Waals surface area contributed by atoms with Crippen LogP contribution in [0.2, 0.25) is 0 Å². The zero-order valence-corrected chi connectivity index (χ0v) is 20.0. The third-order valence-electron chi connectivity index (χ3n) is 6.21. The summed E-state index contributed by atoms with van der Waals surface area (Å²) in [5.41, 5.74) is -0.319. The number of aromatic nitrogens is 4. The second-order valence-corrected chi connectivity index (χ2v) is 8.69. The van der Waals surface area contributed by atoms with Gasteiger partial charge >= 0.3 is 6.18 Å². The van der Waals surface area contributed by atoms with Gasteiger partial charge in [0, 0.05) is 43.5 Å². The number of carbonyl (C=O) groups is 1. The maximum Gasteiger partial charge on any atom is 0.416 e. The fraction of sp³-hybridized carbons (Fsp3) is 0.360. The zero-order chi connectivity index (χ0) is 26.4. The number of alkyl halides is 3. The number of benzene rings is 1. The van der Waals surface area contributed by atoms with Gasteiger partial charge in [-0.2, -0.15) is 33.4 Å². The van der Waals surface area contributed by atoms with Crippen LogP contribution >= 0.6 is 0 Å². The predicted molar refractivity (Wildman–Crippen MR) is 130 cm³/mol. The summed E-state index contributed by atoms with van der Waals surface area (Å²) in [6.45, 7) is -0.258. The average Bonchev–Trinajstić information content (AvgIpc) is 2.91. The number of rotatable bonds is 7. The highest BCUT2D eigenvalue weighted by Crippen LogP contribution is 2.33. The molecule has 1 saturated carbocycles. The van der Waals surface area contributed by atoms with Gasteiger partial charge in [0.1, 0.15) is 0 Å². The van der Waals surface area contributed by atoms with Crippen molar-refractivity contribution >= 4 is 17.8 Å². The van der Waals surface area contributed by atoms with Gasteiger partial charge in [-0.15, -0.1) is 0 Å². The molecule has 0 radical (unpaired) electrons. The largest absolute Gasteiger partial charge is 0.416 e. The maximum atomic E-state index is 13.4. The molecule has 9 nitrogen and oxygen atoms in total. The number of anilines is 2. The zero-order valence-electron chi connectivity index (χ0n) is 20.0. The molecule has 1 aromatic carbocycles. The number of nitrogens with one attached hydrogen (secondary N) is 3. The van der Waals surface area contributed by atoms with Gasteiger partial charge in [0.05, 0.1) is 17.2 Å². The van der Waals surface area contributed by atoms with Crippen LogP contribution < -0.4 is 16.0 Å². The van der Waals surface area contributed by atoms with Crippen LogP contribution in [0.4, 0.5) is 25.1 Å². The molecule has 2 heterocycles. The van der Waals surface area contributed by atoms with Crippen molar-refractivity contribution < 1.29 is 18.0 Å². The number of halogens is 3. The Morgan fingerprint density at radius 3 is 2.51 bits per heavy atom. The van der Waals surface area contributed by atoms with E-state index in [1.54, 1.807) is 31.6 Å². The minimum Gasteiger partial charge on any atom is -0.357 e. The minimum absolute atomic E-state index is 0.0354. The number of pyridine rings is 1. The molecule has 0 atom stereocenters. The van der Waals surface area contributed by atoms with E-state index in [9.17, 15) is 18.0 Å². The van der Waals surface area contributed by atoms with Crippen LogP contribution in [-0.4, -0.2) is 38.9 Å². The number of hydrogen-bond acceptors (Lipinski definition) is 8. The van der Waals surface area contributed by atoms with E-state index in [1.165, 1.54) is 12.1 Å². The quantitative estimate of drug-likeness (QED) is 0.432. The molecule has 0 spiro atoms. The van der Waals surface area contributed by atoms with E-state index < -0.39 is 11.7 Å². The number of carbonyl (C=O) groups excluding carboxylic acids is 1. The minimum atomic E-state index is -4.62. The van der Waals surface area contributed by atoms with Gasteiger partial charge < -0.3 is 16.0 Å². The molecular formula is C25H25F3N8O. The molecule has 12 heteroatoms. The average molecular weight is 511 g/mol. The SMILES string of the molecule is CNc1nc(NC2CCC(C(=O)NCc3ccc(C#N)cc3C(F)(F)F)CC2)nc(-c2cccnc2)n1. The first-order valence-corrected chi connectivity index (χ1v) is 11.8. The van der Waals surface area contributed by atoms with Crippen molar-refractivity contribution in [2.75, 3.05) is 17.7 Å². The van der Waals surface area contributed by atoms with Gasteiger partial charge in [-0.3, -0.25) is 9.78 Å². The third-order valence-corrected chi connectivity index (χ3v) is 6.21. The standard InChI is InChI=1S/C25H25F3N8O/c1-30-23-34-21(18-3-2-10-31-13-18)35-24(36-23)33-19-8-6-16(7-9-19)22(37)32-14-17-5-4-15(12-29)11-20(17)25(26,27)28/h2-5,10-11,13,16,19H,6-9,14H2,1H3,(H,32,37)(H2,30,33,34,35,36). The molecule has 3 aromatic rings. The lowest BCUT2D eigenvalue weighted by molar-refractivity contribution is -0.138. The molecular weight excluding hydrogens is 485 g/mol. The Labute approximate surface area is 211 Å². The molecule has 4 rings (SSSR count). The maximum absolute atomic E-state index is 13.4. The molecule has 192 valence electrons. The Hall–Kier alpha value is -4.27. The summed E-state index contributed by atoms with van der Waals surface area (Å²) in [4.78, 5) is 30.0. The molecule has 0 saturated heterocycles. The van der Waals surface area contributed by atoms with Crippen molar-refractivity contribution in [2.24, 2.45) is 5.92 Å². The Morgan fingerprint density at radius 2 is 1.86 bits per heavy atom. The smallest absolute Gasteiger partial charge is 0.357 e. The number of amides is 1. The lowest BCUT2D eigenvalue weighted by Crippen LogP contribution is -2.36. The summed E-state index contributed by atoms with van der Waals surface area (Å²) in [7, 11) is 1.71. The van der Waals surface area contributed by atoms with Crippen molar-refractivity contribution in [2.45, 2.75) is 44.4 Å². The predicted octanol–water partition coefficient (Wildman–Crippen LogP) is 4.15. The Balaban J connectivity index is 1.34. The van der Waals surface area contributed by atoms with E-state index in [0.29, 0.717) is 43.4 Å². The topological polar surface area (TPSA) is 129 Å². The summed E-state index contributed by atoms with van der Waals surface area (Å²) >= 11 is 0. The van der Waals surface area contributed by atoms with E-state index >= 15 is 0 Å². The summed E-state index contributed by atoms with van der Waals surface area (Å²) in [5, 5.41) is 17.8. The van der Waals surface area contributed by atoms with Gasteiger partial charge in [0.25, 0.3) is 0 Å². The molecule has 0 aliphatic heterocycles. The van der Waals surface area contributed by atoms with Gasteiger partial charge in [-0.05, 0) is 55.5 Å². The monoisotopic (exact) mass is 510 g/mol. The van der Waals surface area contributed by atoms with E-state index in [2.05, 4.69) is 35.9 Å². The first-order chi connectivity index (χ1) is 17.8. The van der Waals surface area contributed by atoms with Gasteiger partial charge in [0.15, 0.2) is 5.82 Å². The summed E-state index contributed by atoms with van der Waals surface area (Å²) < 4.78 is 40.2. The Kier molecular flexibility index (Phi) is 7.81. The summed E-state index contributed by atoms with van der Waals surface area (Å²) in [6, 6.07) is 8.74. The molecule has 0 unspecified atom stereocenters. The number of hydrogen-bond donors (Lipinski definition) is 3. The van der Waals surface area contributed by atoms with Crippen LogP contribution in [0.15, 0.2) is 42.7 Å². The van der Waals surface area contributed by atoms with Crippen LogP contribution in [0.1, 0.15) is 42.4 Å².